The predicted octanol–water partition coefficient (Wildman–Crippen LogP) is 1.59. The van der Waals surface area contributed by atoms with Crippen molar-refractivity contribution < 1.29 is 14.1 Å². The fourth-order valence-electron chi connectivity index (χ4n) is 2.53. The third-order valence-corrected chi connectivity index (χ3v) is 3.74. The van der Waals surface area contributed by atoms with Crippen LogP contribution in [0.2, 0.25) is 0 Å². The van der Waals surface area contributed by atoms with E-state index in [9.17, 15) is 4.79 Å². The molecule has 0 saturated carbocycles. The second-order valence-corrected chi connectivity index (χ2v) is 5.23. The van der Waals surface area contributed by atoms with E-state index in [2.05, 4.69) is 10.1 Å². The van der Waals surface area contributed by atoms with Gasteiger partial charge in [0.15, 0.2) is 5.82 Å². The Bertz CT molecular complexity index is 425. The van der Waals surface area contributed by atoms with Crippen LogP contribution in [-0.2, 0) is 16.0 Å². The summed E-state index contributed by atoms with van der Waals surface area (Å²) < 4.78 is 10.1. The third-order valence-electron chi connectivity index (χ3n) is 3.74. The van der Waals surface area contributed by atoms with Gasteiger partial charge in [-0.1, -0.05) is 5.16 Å². The second kappa shape index (κ2) is 7.38. The molecule has 2 heterocycles. The number of hydrogen-bond donors (Lipinski definition) is 0. The Hall–Kier alpha value is -1.43. The molecule has 1 aromatic rings. The van der Waals surface area contributed by atoms with Gasteiger partial charge in [-0.15, -0.1) is 0 Å². The standard InChI is InChI=1S/C14H23N3O3/c1-3-19-10-14(18)17-8-6-12(7-9-17)4-5-13-15-11(2)20-16-13/h12H,3-10H2,1-2H3. The lowest BCUT2D eigenvalue weighted by Crippen LogP contribution is -2.40. The summed E-state index contributed by atoms with van der Waals surface area (Å²) in [7, 11) is 0. The maximum absolute atomic E-state index is 11.8. The topological polar surface area (TPSA) is 68.5 Å². The summed E-state index contributed by atoms with van der Waals surface area (Å²) in [6.45, 7) is 6.18. The summed E-state index contributed by atoms with van der Waals surface area (Å²) in [4.78, 5) is 17.9. The highest BCUT2D eigenvalue weighted by Gasteiger charge is 2.22. The van der Waals surface area contributed by atoms with E-state index < -0.39 is 0 Å². The molecule has 112 valence electrons. The molecule has 1 aromatic heterocycles. The molecular formula is C14H23N3O3. The van der Waals surface area contributed by atoms with E-state index in [1.54, 1.807) is 6.92 Å². The van der Waals surface area contributed by atoms with Gasteiger partial charge in [-0.3, -0.25) is 4.79 Å². The monoisotopic (exact) mass is 281 g/mol. The molecule has 6 heteroatoms. The van der Waals surface area contributed by atoms with Gasteiger partial charge in [0.2, 0.25) is 11.8 Å². The normalized spacial score (nSPS) is 16.6. The van der Waals surface area contributed by atoms with Crippen molar-refractivity contribution in [2.45, 2.75) is 39.5 Å². The first kappa shape index (κ1) is 15.0. The highest BCUT2D eigenvalue weighted by molar-refractivity contribution is 5.77. The Kier molecular flexibility index (Phi) is 5.52. The van der Waals surface area contributed by atoms with E-state index in [4.69, 9.17) is 9.26 Å². The van der Waals surface area contributed by atoms with Crippen LogP contribution in [0.3, 0.4) is 0 Å². The van der Waals surface area contributed by atoms with E-state index in [-0.39, 0.29) is 12.5 Å². The van der Waals surface area contributed by atoms with Gasteiger partial charge in [-0.25, -0.2) is 0 Å². The molecule has 0 aliphatic carbocycles. The van der Waals surface area contributed by atoms with Crippen LogP contribution in [0.1, 0.15) is 37.9 Å². The molecule has 0 unspecified atom stereocenters. The molecule has 0 radical (unpaired) electrons. The Morgan fingerprint density at radius 2 is 2.20 bits per heavy atom. The van der Waals surface area contributed by atoms with Gasteiger partial charge >= 0.3 is 0 Å². The lowest BCUT2D eigenvalue weighted by Gasteiger charge is -2.31. The molecule has 1 fully saturated rings. The number of aryl methyl sites for hydroxylation is 2. The summed E-state index contributed by atoms with van der Waals surface area (Å²) in [5.74, 6) is 2.16. The molecule has 20 heavy (non-hydrogen) atoms. The summed E-state index contributed by atoms with van der Waals surface area (Å²) in [5, 5.41) is 3.91. The maximum Gasteiger partial charge on any atom is 0.248 e. The minimum absolute atomic E-state index is 0.110. The SMILES string of the molecule is CCOCC(=O)N1CCC(CCc2noc(C)n2)CC1. The van der Waals surface area contributed by atoms with Crippen LogP contribution in [0.15, 0.2) is 4.52 Å². The molecule has 0 aromatic carbocycles. The fraction of sp³-hybridized carbons (Fsp3) is 0.786. The van der Waals surface area contributed by atoms with Crippen LogP contribution >= 0.6 is 0 Å². The van der Waals surface area contributed by atoms with E-state index in [1.807, 2.05) is 11.8 Å². The van der Waals surface area contributed by atoms with Crippen molar-refractivity contribution in [1.29, 1.82) is 0 Å². The minimum Gasteiger partial charge on any atom is -0.372 e. The number of piperidine rings is 1. The molecule has 0 bridgehead atoms. The third kappa shape index (κ3) is 4.30. The predicted molar refractivity (Wildman–Crippen MR) is 73.2 cm³/mol. The zero-order valence-electron chi connectivity index (χ0n) is 12.3. The minimum atomic E-state index is 0.110. The zero-order chi connectivity index (χ0) is 14.4. The van der Waals surface area contributed by atoms with Crippen molar-refractivity contribution in [3.05, 3.63) is 11.7 Å². The molecule has 1 aliphatic heterocycles. The molecule has 1 aliphatic rings. The number of aromatic nitrogens is 2. The van der Waals surface area contributed by atoms with Gasteiger partial charge in [0, 0.05) is 33.0 Å². The number of likely N-dealkylation sites (tertiary alicyclic amines) is 1. The molecule has 1 saturated heterocycles. The van der Waals surface area contributed by atoms with Crippen molar-refractivity contribution in [2.24, 2.45) is 5.92 Å². The number of rotatable bonds is 6. The number of carbonyl (C=O) groups excluding carboxylic acids is 1. The van der Waals surface area contributed by atoms with Gasteiger partial charge < -0.3 is 14.2 Å². The first-order chi connectivity index (χ1) is 9.69. The smallest absolute Gasteiger partial charge is 0.248 e. The Balaban J connectivity index is 1.67. The zero-order valence-corrected chi connectivity index (χ0v) is 12.3. The molecule has 2 rings (SSSR count). The van der Waals surface area contributed by atoms with Crippen molar-refractivity contribution in [3.8, 4) is 0 Å². The quantitative estimate of drug-likeness (QED) is 0.792. The van der Waals surface area contributed by atoms with Crippen LogP contribution in [-0.4, -0.2) is 47.3 Å². The maximum atomic E-state index is 11.8. The Morgan fingerprint density at radius 1 is 1.45 bits per heavy atom. The molecule has 1 amide bonds. The van der Waals surface area contributed by atoms with Crippen LogP contribution in [0.4, 0.5) is 0 Å². The average Bonchev–Trinajstić information content (AvgIpc) is 2.89. The van der Waals surface area contributed by atoms with Crippen LogP contribution in [0, 0.1) is 12.8 Å². The van der Waals surface area contributed by atoms with Gasteiger partial charge in [0.25, 0.3) is 0 Å². The van der Waals surface area contributed by atoms with E-state index in [0.29, 0.717) is 18.4 Å². The van der Waals surface area contributed by atoms with Gasteiger partial charge in [0.05, 0.1) is 0 Å². The van der Waals surface area contributed by atoms with E-state index in [1.165, 1.54) is 0 Å². The largest absolute Gasteiger partial charge is 0.372 e. The number of amides is 1. The van der Waals surface area contributed by atoms with E-state index >= 15 is 0 Å². The molecule has 0 spiro atoms. The summed E-state index contributed by atoms with van der Waals surface area (Å²) in [6.07, 6.45) is 4.02. The van der Waals surface area contributed by atoms with Crippen LogP contribution in [0.25, 0.3) is 0 Å². The number of carbonyl (C=O) groups is 1. The number of hydrogen-bond acceptors (Lipinski definition) is 5. The molecule has 0 N–H and O–H groups in total. The van der Waals surface area contributed by atoms with Crippen molar-refractivity contribution in [3.63, 3.8) is 0 Å². The highest BCUT2D eigenvalue weighted by Crippen LogP contribution is 2.22. The van der Waals surface area contributed by atoms with Crippen molar-refractivity contribution in [1.82, 2.24) is 15.0 Å². The number of nitrogens with zero attached hydrogens (tertiary/aromatic N) is 3. The average molecular weight is 281 g/mol. The van der Waals surface area contributed by atoms with Crippen LogP contribution < -0.4 is 0 Å². The van der Waals surface area contributed by atoms with Gasteiger partial charge in [-0.05, 0) is 32.1 Å². The molecular weight excluding hydrogens is 258 g/mol. The lowest BCUT2D eigenvalue weighted by atomic mass is 9.92. The van der Waals surface area contributed by atoms with Crippen molar-refractivity contribution in [2.75, 3.05) is 26.3 Å². The molecule has 0 atom stereocenters. The Morgan fingerprint density at radius 3 is 2.80 bits per heavy atom. The van der Waals surface area contributed by atoms with Crippen LogP contribution in [0.5, 0.6) is 0 Å². The lowest BCUT2D eigenvalue weighted by molar-refractivity contribution is -0.137. The Labute approximate surface area is 119 Å². The summed E-state index contributed by atoms with van der Waals surface area (Å²) >= 11 is 0. The first-order valence-corrected chi connectivity index (χ1v) is 7.33. The highest BCUT2D eigenvalue weighted by atomic mass is 16.5. The summed E-state index contributed by atoms with van der Waals surface area (Å²) in [5.41, 5.74) is 0. The summed E-state index contributed by atoms with van der Waals surface area (Å²) in [6, 6.07) is 0. The first-order valence-electron chi connectivity index (χ1n) is 7.33. The second-order valence-electron chi connectivity index (χ2n) is 5.23. The van der Waals surface area contributed by atoms with Crippen molar-refractivity contribution >= 4 is 5.91 Å². The van der Waals surface area contributed by atoms with E-state index in [0.717, 1.165) is 44.6 Å². The van der Waals surface area contributed by atoms with Gasteiger partial charge in [0.1, 0.15) is 6.61 Å². The van der Waals surface area contributed by atoms with Gasteiger partial charge in [-0.2, -0.15) is 4.98 Å². The number of ether oxygens (including phenoxy) is 1. The molecule has 6 nitrogen and oxygen atoms in total. The fourth-order valence-corrected chi connectivity index (χ4v) is 2.53.